The lowest BCUT2D eigenvalue weighted by molar-refractivity contribution is -0.138. The molecule has 1 heterocycles. The van der Waals surface area contributed by atoms with Gasteiger partial charge in [0.15, 0.2) is 5.78 Å². The van der Waals surface area contributed by atoms with E-state index in [1.165, 1.54) is 0 Å². The fraction of sp³-hybridized carbons (Fsp3) is 0.400. The van der Waals surface area contributed by atoms with E-state index >= 15 is 0 Å². The first kappa shape index (κ1) is 14.0. The number of halogens is 4. The van der Waals surface area contributed by atoms with Crippen molar-refractivity contribution < 1.29 is 22.7 Å². The molecule has 17 heavy (non-hydrogen) atoms. The first-order valence-electron chi connectivity index (χ1n) is 4.63. The van der Waals surface area contributed by atoms with E-state index in [0.717, 1.165) is 19.2 Å². The summed E-state index contributed by atoms with van der Waals surface area (Å²) in [6.45, 7) is 1.26. The molecule has 0 aromatic carbocycles. The molecule has 0 aliphatic carbocycles. The molecule has 0 amide bonds. The summed E-state index contributed by atoms with van der Waals surface area (Å²) in [5, 5.41) is 0.489. The summed E-state index contributed by atoms with van der Waals surface area (Å²) < 4.78 is 43.0. The van der Waals surface area contributed by atoms with Crippen molar-refractivity contribution in [3.05, 3.63) is 23.5 Å². The van der Waals surface area contributed by atoms with Crippen LogP contribution in [0.1, 0.15) is 23.0 Å². The lowest BCUT2D eigenvalue weighted by Gasteiger charge is -2.12. The van der Waals surface area contributed by atoms with Crippen LogP contribution in [0.25, 0.3) is 0 Å². The second kappa shape index (κ2) is 5.48. The summed E-state index contributed by atoms with van der Waals surface area (Å²) in [7, 11) is 0. The molecule has 0 saturated carbocycles. The summed E-state index contributed by atoms with van der Waals surface area (Å²) in [4.78, 5) is 14.5. The van der Waals surface area contributed by atoms with Crippen molar-refractivity contribution in [3.8, 4) is 5.75 Å². The van der Waals surface area contributed by atoms with Crippen molar-refractivity contribution in [2.24, 2.45) is 0 Å². The van der Waals surface area contributed by atoms with Crippen molar-refractivity contribution in [1.29, 1.82) is 0 Å². The summed E-state index contributed by atoms with van der Waals surface area (Å²) >= 11 is 3.08. The average molecular weight is 312 g/mol. The zero-order valence-corrected chi connectivity index (χ0v) is 10.4. The molecule has 0 spiro atoms. The number of nitrogens with zero attached hydrogens (tertiary/aromatic N) is 1. The lowest BCUT2D eigenvalue weighted by Crippen LogP contribution is -2.14. The van der Waals surface area contributed by atoms with E-state index in [0.29, 0.717) is 5.33 Å². The third-order valence-electron chi connectivity index (χ3n) is 1.85. The minimum absolute atomic E-state index is 0.0122. The van der Waals surface area contributed by atoms with Gasteiger partial charge in [-0.05, 0) is 6.07 Å². The van der Waals surface area contributed by atoms with E-state index in [4.69, 9.17) is 4.74 Å². The van der Waals surface area contributed by atoms with E-state index < -0.39 is 23.2 Å². The van der Waals surface area contributed by atoms with Crippen molar-refractivity contribution in [1.82, 2.24) is 4.98 Å². The minimum atomic E-state index is -4.62. The maximum Gasteiger partial charge on any atom is 0.418 e. The molecule has 0 aliphatic rings. The van der Waals surface area contributed by atoms with Crippen molar-refractivity contribution in [3.63, 3.8) is 0 Å². The van der Waals surface area contributed by atoms with Crippen LogP contribution in [0.3, 0.4) is 0 Å². The van der Waals surface area contributed by atoms with E-state index in [1.807, 2.05) is 0 Å². The number of carbonyl (C=O) groups excluding carboxylic acids is 1. The third kappa shape index (κ3) is 3.69. The second-order valence-corrected chi connectivity index (χ2v) is 3.95. The Bertz CT molecular complexity index is 421. The summed E-state index contributed by atoms with van der Waals surface area (Å²) in [6, 6.07) is 0.784. The van der Waals surface area contributed by atoms with Gasteiger partial charge in [-0.15, -0.1) is 0 Å². The molecule has 0 unspecified atom stereocenters. The molecule has 0 aliphatic heterocycles. The molecular weight excluding hydrogens is 303 g/mol. The van der Waals surface area contributed by atoms with Gasteiger partial charge in [-0.3, -0.25) is 4.79 Å². The highest BCUT2D eigenvalue weighted by atomic mass is 79.9. The Hall–Kier alpha value is -1.11. The largest absolute Gasteiger partial charge is 0.491 e. The number of ether oxygens (including phenoxy) is 1. The molecule has 1 aromatic heterocycles. The molecule has 0 saturated heterocycles. The zero-order chi connectivity index (χ0) is 13.1. The number of Topliss-reactive ketones (excluding diaryl/α,β-unsaturated/α-hetero) is 1. The smallest absolute Gasteiger partial charge is 0.418 e. The molecule has 0 N–H and O–H groups in total. The van der Waals surface area contributed by atoms with Crippen LogP contribution in [0, 0.1) is 0 Å². The highest BCUT2D eigenvalue weighted by Gasteiger charge is 2.35. The van der Waals surface area contributed by atoms with E-state index in [1.54, 1.807) is 0 Å². The number of hydrogen-bond acceptors (Lipinski definition) is 3. The van der Waals surface area contributed by atoms with Crippen molar-refractivity contribution in [2.75, 3.05) is 11.9 Å². The Labute approximate surface area is 104 Å². The number of rotatable bonds is 4. The Morgan fingerprint density at radius 2 is 2.18 bits per heavy atom. The van der Waals surface area contributed by atoms with Gasteiger partial charge in [0, 0.05) is 12.3 Å². The lowest BCUT2D eigenvalue weighted by atomic mass is 10.1. The predicted octanol–water partition coefficient (Wildman–Crippen LogP) is 3.08. The summed E-state index contributed by atoms with van der Waals surface area (Å²) in [5.41, 5.74) is -1.67. The van der Waals surface area contributed by atoms with Crippen LogP contribution < -0.4 is 4.74 Å². The Balaban J connectivity index is 3.15. The van der Waals surface area contributed by atoms with Gasteiger partial charge in [0.05, 0.1) is 18.4 Å². The number of pyridine rings is 1. The fourth-order valence-electron chi connectivity index (χ4n) is 1.18. The first-order valence-corrected chi connectivity index (χ1v) is 5.75. The fourth-order valence-corrected chi connectivity index (χ4v) is 1.34. The zero-order valence-electron chi connectivity index (χ0n) is 8.84. The molecule has 7 heteroatoms. The molecule has 0 atom stereocenters. The third-order valence-corrected chi connectivity index (χ3v) is 2.17. The van der Waals surface area contributed by atoms with Crippen molar-refractivity contribution >= 4 is 21.7 Å². The van der Waals surface area contributed by atoms with Crippen LogP contribution >= 0.6 is 15.9 Å². The SMILES string of the molecule is CC(=O)c1ncc(OCCBr)cc1C(F)(F)F. The van der Waals surface area contributed by atoms with E-state index in [9.17, 15) is 18.0 Å². The van der Waals surface area contributed by atoms with Gasteiger partial charge in [-0.2, -0.15) is 13.2 Å². The normalized spacial score (nSPS) is 11.4. The van der Waals surface area contributed by atoms with Gasteiger partial charge in [0.25, 0.3) is 0 Å². The molecule has 0 fully saturated rings. The second-order valence-electron chi connectivity index (χ2n) is 3.16. The number of carbonyl (C=O) groups is 1. The molecule has 0 bridgehead atoms. The topological polar surface area (TPSA) is 39.2 Å². The quantitative estimate of drug-likeness (QED) is 0.633. The van der Waals surface area contributed by atoms with Crippen LogP contribution in [0.2, 0.25) is 0 Å². The Morgan fingerprint density at radius 3 is 2.65 bits per heavy atom. The average Bonchev–Trinajstić information content (AvgIpc) is 2.24. The van der Waals surface area contributed by atoms with Crippen LogP contribution in [0.4, 0.5) is 13.2 Å². The minimum Gasteiger partial charge on any atom is -0.491 e. The van der Waals surface area contributed by atoms with Crippen LogP contribution in [-0.4, -0.2) is 22.7 Å². The molecule has 3 nitrogen and oxygen atoms in total. The summed E-state index contributed by atoms with van der Waals surface area (Å²) in [5.74, 6) is -0.744. The molecule has 1 rings (SSSR count). The maximum atomic E-state index is 12.7. The van der Waals surface area contributed by atoms with E-state index in [-0.39, 0.29) is 12.4 Å². The van der Waals surface area contributed by atoms with Gasteiger partial charge in [0.2, 0.25) is 0 Å². The monoisotopic (exact) mass is 311 g/mol. The number of hydrogen-bond donors (Lipinski definition) is 0. The first-order chi connectivity index (χ1) is 7.86. The number of aromatic nitrogens is 1. The van der Waals surface area contributed by atoms with Crippen LogP contribution in [0.15, 0.2) is 12.3 Å². The Morgan fingerprint density at radius 1 is 1.53 bits per heavy atom. The molecule has 0 radical (unpaired) electrons. The molecule has 1 aromatic rings. The molecule has 94 valence electrons. The van der Waals surface area contributed by atoms with Gasteiger partial charge >= 0.3 is 6.18 Å². The van der Waals surface area contributed by atoms with Crippen LogP contribution in [0.5, 0.6) is 5.75 Å². The number of ketones is 1. The predicted molar refractivity (Wildman–Crippen MR) is 58.5 cm³/mol. The Kier molecular flexibility index (Phi) is 4.50. The van der Waals surface area contributed by atoms with Crippen LogP contribution in [-0.2, 0) is 6.18 Å². The highest BCUT2D eigenvalue weighted by Crippen LogP contribution is 2.33. The standard InChI is InChI=1S/C10H9BrF3NO2/c1-6(16)9-8(10(12,13)14)4-7(5-15-9)17-3-2-11/h4-5H,2-3H2,1H3. The van der Waals surface area contributed by atoms with Crippen molar-refractivity contribution in [2.45, 2.75) is 13.1 Å². The molecular formula is C10H9BrF3NO2. The van der Waals surface area contributed by atoms with Gasteiger partial charge in [-0.1, -0.05) is 15.9 Å². The maximum absolute atomic E-state index is 12.7. The number of alkyl halides is 4. The van der Waals surface area contributed by atoms with Gasteiger partial charge in [0.1, 0.15) is 11.4 Å². The highest BCUT2D eigenvalue weighted by molar-refractivity contribution is 9.09. The van der Waals surface area contributed by atoms with E-state index in [2.05, 4.69) is 20.9 Å². The van der Waals surface area contributed by atoms with Gasteiger partial charge in [-0.25, -0.2) is 4.98 Å². The summed E-state index contributed by atoms with van der Waals surface area (Å²) in [6.07, 6.45) is -3.52. The van der Waals surface area contributed by atoms with Gasteiger partial charge < -0.3 is 4.74 Å².